The molecule has 0 saturated carbocycles. The maximum absolute atomic E-state index is 10.9. The normalized spacial score (nSPS) is 15.2. The SMILES string of the molecule is N#Cc1cccc2c1C1c3ccccc3C2c2c1ccc(-c1cccc(-c3ccc(S(c4ccccc4)(c4ccccc4)c4ccccc4)cc3)c1)c2C#N. The van der Waals surface area contributed by atoms with Crippen molar-refractivity contribution in [1.82, 2.24) is 0 Å². The van der Waals surface area contributed by atoms with Gasteiger partial charge in [0, 0.05) is 31.4 Å². The highest BCUT2D eigenvalue weighted by molar-refractivity contribution is 8.34. The molecule has 0 heterocycles. The first-order valence-corrected chi connectivity index (χ1v) is 20.2. The lowest BCUT2D eigenvalue weighted by atomic mass is 9.59. The minimum Gasteiger partial charge on any atom is -0.192 e. The van der Waals surface area contributed by atoms with E-state index in [9.17, 15) is 10.5 Å². The molecule has 0 N–H and O–H groups in total. The molecule has 258 valence electrons. The van der Waals surface area contributed by atoms with Crippen molar-refractivity contribution in [2.24, 2.45) is 0 Å². The van der Waals surface area contributed by atoms with Crippen molar-refractivity contribution in [2.45, 2.75) is 31.4 Å². The number of nitriles is 2. The van der Waals surface area contributed by atoms with Crippen LogP contribution in [0.1, 0.15) is 56.3 Å². The molecule has 2 atom stereocenters. The van der Waals surface area contributed by atoms with Gasteiger partial charge in [0.05, 0.1) is 17.2 Å². The van der Waals surface area contributed by atoms with E-state index in [1.807, 2.05) is 12.1 Å². The van der Waals surface area contributed by atoms with Gasteiger partial charge in [-0.3, -0.25) is 0 Å². The quantitative estimate of drug-likeness (QED) is 0.172. The van der Waals surface area contributed by atoms with Gasteiger partial charge in [-0.25, -0.2) is 0 Å². The molecule has 3 aliphatic rings. The molecule has 2 nitrogen and oxygen atoms in total. The number of nitrogens with zero attached hydrogens (tertiary/aromatic N) is 2. The van der Waals surface area contributed by atoms with E-state index in [1.165, 1.54) is 30.7 Å². The first-order chi connectivity index (χ1) is 27.2. The van der Waals surface area contributed by atoms with Crippen molar-refractivity contribution in [3.8, 4) is 34.4 Å². The lowest BCUT2D eigenvalue weighted by molar-refractivity contribution is 0.750. The molecule has 2 bridgehead atoms. The van der Waals surface area contributed by atoms with E-state index in [0.29, 0.717) is 11.1 Å². The Bertz CT molecular complexity index is 2730. The van der Waals surface area contributed by atoms with Crippen LogP contribution in [-0.2, 0) is 0 Å². The van der Waals surface area contributed by atoms with Gasteiger partial charge in [-0.05, 0) is 116 Å². The standard InChI is InChI=1S/C52H34N2S/c53-33-38-16-13-25-46-49(38)50-44-23-10-11-24-45(44)51(46)52-47(50)31-30-43(48(52)34-54)37-15-12-14-36(32-37)35-26-28-42(29-27-35)55(39-17-4-1-5-18-39,40-19-6-2-7-20-40)41-21-8-3-9-22-41/h1-32,50-51H. The highest BCUT2D eigenvalue weighted by Gasteiger charge is 2.44. The Kier molecular flexibility index (Phi) is 7.85. The Labute approximate surface area is 323 Å². The smallest absolute Gasteiger partial charge is 0.100 e. The first-order valence-electron chi connectivity index (χ1n) is 18.6. The molecule has 55 heavy (non-hydrogen) atoms. The summed E-state index contributed by atoms with van der Waals surface area (Å²) in [6.45, 7) is 0. The third kappa shape index (κ3) is 4.95. The summed E-state index contributed by atoms with van der Waals surface area (Å²) in [5.41, 5.74) is 12.5. The van der Waals surface area contributed by atoms with Gasteiger partial charge >= 0.3 is 0 Å². The van der Waals surface area contributed by atoms with Crippen LogP contribution in [0.3, 0.4) is 0 Å². The van der Waals surface area contributed by atoms with E-state index in [2.05, 4.69) is 194 Å². The largest absolute Gasteiger partial charge is 0.192 e. The van der Waals surface area contributed by atoms with Crippen LogP contribution in [0.5, 0.6) is 0 Å². The topological polar surface area (TPSA) is 47.6 Å². The summed E-state index contributed by atoms with van der Waals surface area (Å²) in [4.78, 5) is 5.15. The second-order valence-electron chi connectivity index (χ2n) is 14.2. The van der Waals surface area contributed by atoms with E-state index in [1.54, 1.807) is 0 Å². The Morgan fingerprint density at radius 3 is 1.44 bits per heavy atom. The lowest BCUT2D eigenvalue weighted by Crippen LogP contribution is -2.29. The van der Waals surface area contributed by atoms with Crippen molar-refractivity contribution in [2.75, 3.05) is 0 Å². The Balaban J connectivity index is 1.09. The summed E-state index contributed by atoms with van der Waals surface area (Å²) in [6.07, 6.45) is 0. The molecule has 8 aromatic rings. The van der Waals surface area contributed by atoms with Gasteiger partial charge in [0.15, 0.2) is 0 Å². The van der Waals surface area contributed by atoms with Gasteiger partial charge in [-0.15, -0.1) is 10.0 Å². The minimum atomic E-state index is -1.78. The summed E-state index contributed by atoms with van der Waals surface area (Å²) in [7, 11) is -1.78. The average Bonchev–Trinajstić information content (AvgIpc) is 3.27. The lowest BCUT2D eigenvalue weighted by Gasteiger charge is -2.43. The van der Waals surface area contributed by atoms with Crippen LogP contribution in [0.15, 0.2) is 214 Å². The Morgan fingerprint density at radius 1 is 0.364 bits per heavy atom. The molecule has 3 aliphatic carbocycles. The van der Waals surface area contributed by atoms with Crippen LogP contribution in [0.2, 0.25) is 0 Å². The fourth-order valence-corrected chi connectivity index (χ4v) is 13.1. The zero-order chi connectivity index (χ0) is 36.9. The van der Waals surface area contributed by atoms with E-state index >= 15 is 0 Å². The van der Waals surface area contributed by atoms with Crippen LogP contribution < -0.4 is 0 Å². The van der Waals surface area contributed by atoms with Crippen LogP contribution in [-0.4, -0.2) is 0 Å². The Hall–Kier alpha value is -6.91. The van der Waals surface area contributed by atoms with E-state index in [4.69, 9.17) is 0 Å². The molecule has 0 aliphatic heterocycles. The van der Waals surface area contributed by atoms with Crippen LogP contribution in [0, 0.1) is 22.7 Å². The van der Waals surface area contributed by atoms with Crippen LogP contribution in [0.25, 0.3) is 22.3 Å². The molecular weight excluding hydrogens is 685 g/mol. The van der Waals surface area contributed by atoms with Gasteiger partial charge in [-0.2, -0.15) is 10.5 Å². The highest BCUT2D eigenvalue weighted by atomic mass is 32.3. The van der Waals surface area contributed by atoms with Gasteiger partial charge in [0.2, 0.25) is 0 Å². The van der Waals surface area contributed by atoms with E-state index in [0.717, 1.165) is 44.5 Å². The predicted octanol–water partition coefficient (Wildman–Crippen LogP) is 13.1. The van der Waals surface area contributed by atoms with Crippen molar-refractivity contribution in [3.63, 3.8) is 0 Å². The summed E-state index contributed by atoms with van der Waals surface area (Å²) in [5.74, 6) is -0.184. The summed E-state index contributed by atoms with van der Waals surface area (Å²) in [6, 6.07) is 74.5. The van der Waals surface area contributed by atoms with Crippen molar-refractivity contribution < 1.29 is 0 Å². The zero-order valence-corrected chi connectivity index (χ0v) is 30.7. The third-order valence-corrected chi connectivity index (χ3v) is 15.4. The van der Waals surface area contributed by atoms with Crippen molar-refractivity contribution in [1.29, 1.82) is 10.5 Å². The molecule has 0 amide bonds. The maximum atomic E-state index is 10.9. The van der Waals surface area contributed by atoms with E-state index in [-0.39, 0.29) is 11.8 Å². The monoisotopic (exact) mass is 718 g/mol. The number of hydrogen-bond donors (Lipinski definition) is 0. The summed E-state index contributed by atoms with van der Waals surface area (Å²) < 4.78 is 0. The molecule has 0 saturated heterocycles. The van der Waals surface area contributed by atoms with Crippen LogP contribution >= 0.6 is 10.0 Å². The summed E-state index contributed by atoms with van der Waals surface area (Å²) in [5, 5.41) is 21.1. The predicted molar refractivity (Wildman–Crippen MR) is 221 cm³/mol. The second-order valence-corrected chi connectivity index (χ2v) is 17.3. The molecule has 0 fully saturated rings. The van der Waals surface area contributed by atoms with Crippen molar-refractivity contribution >= 4 is 10.0 Å². The molecule has 11 rings (SSSR count). The van der Waals surface area contributed by atoms with Gasteiger partial charge in [0.25, 0.3) is 0 Å². The van der Waals surface area contributed by atoms with Crippen molar-refractivity contribution in [3.05, 3.63) is 239 Å². The number of rotatable bonds is 6. The zero-order valence-electron chi connectivity index (χ0n) is 29.9. The minimum absolute atomic E-state index is 0.0787. The van der Waals surface area contributed by atoms with E-state index < -0.39 is 10.0 Å². The molecular formula is C52H34N2S. The Morgan fingerprint density at radius 2 is 0.855 bits per heavy atom. The average molecular weight is 719 g/mol. The van der Waals surface area contributed by atoms with Gasteiger partial charge in [-0.1, -0.05) is 133 Å². The first kappa shape index (κ1) is 32.7. The summed E-state index contributed by atoms with van der Waals surface area (Å²) >= 11 is 0. The number of benzene rings is 8. The van der Waals surface area contributed by atoms with Crippen LogP contribution in [0.4, 0.5) is 0 Å². The molecule has 0 spiro atoms. The third-order valence-electron chi connectivity index (χ3n) is 11.5. The second kappa shape index (κ2) is 13.2. The fourth-order valence-electron chi connectivity index (χ4n) is 9.22. The number of hydrogen-bond acceptors (Lipinski definition) is 2. The molecule has 0 aromatic heterocycles. The maximum Gasteiger partial charge on any atom is 0.100 e. The molecule has 0 radical (unpaired) electrons. The van der Waals surface area contributed by atoms with Gasteiger partial charge < -0.3 is 0 Å². The molecule has 8 aromatic carbocycles. The fraction of sp³-hybridized carbons (Fsp3) is 0.0385. The highest BCUT2D eigenvalue weighted by Crippen LogP contribution is 2.73. The molecule has 3 heteroatoms. The van der Waals surface area contributed by atoms with Gasteiger partial charge in [0.1, 0.15) is 6.07 Å². The molecule has 2 unspecified atom stereocenters.